The van der Waals surface area contributed by atoms with Gasteiger partial charge in [-0.05, 0) is 45.0 Å². The monoisotopic (exact) mass is 299 g/mol. The third kappa shape index (κ3) is 3.22. The van der Waals surface area contributed by atoms with Crippen LogP contribution in [0, 0.1) is 6.92 Å². The van der Waals surface area contributed by atoms with E-state index in [0.29, 0.717) is 12.4 Å². The summed E-state index contributed by atoms with van der Waals surface area (Å²) in [5.74, 6) is 0.934. The molecule has 1 aliphatic rings. The van der Waals surface area contributed by atoms with Crippen LogP contribution in [0.4, 0.5) is 0 Å². The van der Waals surface area contributed by atoms with Crippen LogP contribution in [0.2, 0.25) is 0 Å². The van der Waals surface area contributed by atoms with Crippen molar-refractivity contribution in [1.82, 2.24) is 24.4 Å². The summed E-state index contributed by atoms with van der Waals surface area (Å²) < 4.78 is 1.52. The molecule has 0 spiro atoms. The van der Waals surface area contributed by atoms with Gasteiger partial charge in [-0.1, -0.05) is 6.07 Å². The number of rotatable bonds is 3. The van der Waals surface area contributed by atoms with Crippen molar-refractivity contribution in [2.75, 3.05) is 20.1 Å². The number of pyridine rings is 1. The average Bonchev–Trinajstić information content (AvgIpc) is 2.51. The highest BCUT2D eigenvalue weighted by molar-refractivity contribution is 5.17. The van der Waals surface area contributed by atoms with Crippen LogP contribution in [0.15, 0.2) is 29.5 Å². The fourth-order valence-corrected chi connectivity index (χ4v) is 2.90. The number of aryl methyl sites for hydroxylation is 1. The largest absolute Gasteiger partial charge is 0.350 e. The summed E-state index contributed by atoms with van der Waals surface area (Å²) in [7, 11) is 2.09. The van der Waals surface area contributed by atoms with Crippen LogP contribution in [-0.4, -0.2) is 44.6 Å². The number of piperidine rings is 1. The topological polar surface area (TPSA) is 63.9 Å². The number of hydrogen-bond acceptors (Lipinski definition) is 5. The summed E-state index contributed by atoms with van der Waals surface area (Å²) in [6.45, 7) is 4.42. The van der Waals surface area contributed by atoms with Crippen LogP contribution in [-0.2, 0) is 6.54 Å². The predicted octanol–water partition coefficient (Wildman–Crippen LogP) is 1.20. The average molecular weight is 299 g/mol. The van der Waals surface area contributed by atoms with Gasteiger partial charge in [0.1, 0.15) is 12.2 Å². The Bertz CT molecular complexity index is 712. The zero-order valence-corrected chi connectivity index (χ0v) is 13.1. The highest BCUT2D eigenvalue weighted by atomic mass is 16.1. The van der Waals surface area contributed by atoms with Crippen molar-refractivity contribution in [3.8, 4) is 0 Å². The molecule has 1 atom stereocenters. The van der Waals surface area contributed by atoms with Crippen molar-refractivity contribution in [2.45, 2.75) is 32.2 Å². The van der Waals surface area contributed by atoms with E-state index in [0.717, 1.165) is 37.2 Å². The molecule has 1 unspecified atom stereocenters. The Kier molecular flexibility index (Phi) is 4.29. The molecule has 2 aromatic rings. The van der Waals surface area contributed by atoms with Gasteiger partial charge in [0.05, 0.1) is 12.2 Å². The molecule has 116 valence electrons. The van der Waals surface area contributed by atoms with E-state index in [1.807, 2.05) is 19.1 Å². The first-order chi connectivity index (χ1) is 10.6. The molecule has 0 radical (unpaired) electrons. The zero-order valence-electron chi connectivity index (χ0n) is 13.1. The van der Waals surface area contributed by atoms with Crippen molar-refractivity contribution in [2.24, 2.45) is 0 Å². The first-order valence-electron chi connectivity index (χ1n) is 7.66. The molecule has 6 nitrogen and oxygen atoms in total. The maximum atomic E-state index is 12.3. The Morgan fingerprint density at radius 3 is 2.95 bits per heavy atom. The Labute approximate surface area is 129 Å². The van der Waals surface area contributed by atoms with E-state index in [2.05, 4.69) is 26.9 Å². The summed E-state index contributed by atoms with van der Waals surface area (Å²) in [4.78, 5) is 27.4. The van der Waals surface area contributed by atoms with E-state index in [1.54, 1.807) is 12.5 Å². The van der Waals surface area contributed by atoms with Crippen LogP contribution in [0.3, 0.4) is 0 Å². The third-order valence-corrected chi connectivity index (χ3v) is 4.21. The lowest BCUT2D eigenvalue weighted by Crippen LogP contribution is -2.34. The van der Waals surface area contributed by atoms with Crippen LogP contribution >= 0.6 is 0 Å². The second-order valence-corrected chi connectivity index (χ2v) is 5.99. The standard InChI is InChI=1S/C16H21N5O/c1-12-5-3-7-17-14(12)10-21-11-18-15(19-16(21)22)13-6-4-8-20(2)9-13/h3,5,7,11,13H,4,6,8-10H2,1-2H3. The molecule has 3 heterocycles. The van der Waals surface area contributed by atoms with E-state index in [-0.39, 0.29) is 11.6 Å². The normalized spacial score (nSPS) is 19.3. The summed E-state index contributed by atoms with van der Waals surface area (Å²) >= 11 is 0. The van der Waals surface area contributed by atoms with Crippen LogP contribution in [0.1, 0.15) is 35.8 Å². The van der Waals surface area contributed by atoms with Gasteiger partial charge in [0.2, 0.25) is 0 Å². The molecule has 0 aromatic carbocycles. The van der Waals surface area contributed by atoms with Gasteiger partial charge in [0.15, 0.2) is 0 Å². The lowest BCUT2D eigenvalue weighted by Gasteiger charge is -2.28. The smallest absolute Gasteiger partial charge is 0.306 e. The van der Waals surface area contributed by atoms with Crippen LogP contribution in [0.25, 0.3) is 0 Å². The van der Waals surface area contributed by atoms with Crippen LogP contribution < -0.4 is 5.69 Å². The number of likely N-dealkylation sites (N-methyl/N-ethyl adjacent to an activating group) is 1. The molecule has 0 amide bonds. The molecule has 0 bridgehead atoms. The number of likely N-dealkylation sites (tertiary alicyclic amines) is 1. The molecule has 1 saturated heterocycles. The molecule has 0 N–H and O–H groups in total. The fraction of sp³-hybridized carbons (Fsp3) is 0.500. The molecule has 1 aliphatic heterocycles. The minimum atomic E-state index is -0.247. The first-order valence-corrected chi connectivity index (χ1v) is 7.66. The van der Waals surface area contributed by atoms with Gasteiger partial charge in [0.25, 0.3) is 0 Å². The number of aromatic nitrogens is 4. The summed E-state index contributed by atoms with van der Waals surface area (Å²) in [5, 5.41) is 0. The fourth-order valence-electron chi connectivity index (χ4n) is 2.90. The van der Waals surface area contributed by atoms with Crippen molar-refractivity contribution in [1.29, 1.82) is 0 Å². The quantitative estimate of drug-likeness (QED) is 0.852. The lowest BCUT2D eigenvalue weighted by molar-refractivity contribution is 0.245. The number of hydrogen-bond donors (Lipinski definition) is 0. The van der Waals surface area contributed by atoms with Crippen molar-refractivity contribution in [3.05, 3.63) is 52.2 Å². The minimum absolute atomic E-state index is 0.247. The molecule has 0 aliphatic carbocycles. The van der Waals surface area contributed by atoms with Crippen molar-refractivity contribution < 1.29 is 0 Å². The van der Waals surface area contributed by atoms with E-state index >= 15 is 0 Å². The molecule has 3 rings (SSSR count). The van der Waals surface area contributed by atoms with Crippen molar-refractivity contribution >= 4 is 0 Å². The molecule has 1 fully saturated rings. The van der Waals surface area contributed by atoms with Gasteiger partial charge in [-0.25, -0.2) is 9.78 Å². The molecular weight excluding hydrogens is 278 g/mol. The highest BCUT2D eigenvalue weighted by Crippen LogP contribution is 2.22. The Hall–Kier alpha value is -2.08. The number of nitrogens with zero attached hydrogens (tertiary/aromatic N) is 5. The highest BCUT2D eigenvalue weighted by Gasteiger charge is 2.21. The molecule has 22 heavy (non-hydrogen) atoms. The summed E-state index contributed by atoms with van der Waals surface area (Å²) in [6.07, 6.45) is 5.52. The Morgan fingerprint density at radius 2 is 2.23 bits per heavy atom. The Balaban J connectivity index is 1.81. The van der Waals surface area contributed by atoms with E-state index < -0.39 is 0 Å². The predicted molar refractivity (Wildman–Crippen MR) is 83.8 cm³/mol. The molecular formula is C16H21N5O. The minimum Gasteiger partial charge on any atom is -0.306 e. The van der Waals surface area contributed by atoms with E-state index in [4.69, 9.17) is 0 Å². The maximum Gasteiger partial charge on any atom is 0.350 e. The third-order valence-electron chi connectivity index (χ3n) is 4.21. The second kappa shape index (κ2) is 6.36. The molecule has 0 saturated carbocycles. The van der Waals surface area contributed by atoms with Gasteiger partial charge >= 0.3 is 5.69 Å². The SMILES string of the molecule is Cc1cccnc1Cn1cnc(C2CCCN(C)C2)nc1=O. The van der Waals surface area contributed by atoms with Gasteiger partial charge in [-0.2, -0.15) is 4.98 Å². The summed E-state index contributed by atoms with van der Waals surface area (Å²) in [5.41, 5.74) is 1.69. The second-order valence-electron chi connectivity index (χ2n) is 5.99. The lowest BCUT2D eigenvalue weighted by atomic mass is 9.98. The maximum absolute atomic E-state index is 12.3. The van der Waals surface area contributed by atoms with E-state index in [1.165, 1.54) is 4.57 Å². The van der Waals surface area contributed by atoms with Gasteiger partial charge in [-0.3, -0.25) is 9.55 Å². The van der Waals surface area contributed by atoms with Gasteiger partial charge in [0, 0.05) is 18.7 Å². The van der Waals surface area contributed by atoms with E-state index in [9.17, 15) is 4.79 Å². The molecule has 6 heteroatoms. The van der Waals surface area contributed by atoms with Crippen LogP contribution in [0.5, 0.6) is 0 Å². The van der Waals surface area contributed by atoms with Crippen molar-refractivity contribution in [3.63, 3.8) is 0 Å². The van der Waals surface area contributed by atoms with Gasteiger partial charge in [-0.15, -0.1) is 0 Å². The first kappa shape index (κ1) is 14.8. The zero-order chi connectivity index (χ0) is 15.5. The summed E-state index contributed by atoms with van der Waals surface area (Å²) in [6, 6.07) is 3.88. The Morgan fingerprint density at radius 1 is 1.36 bits per heavy atom. The van der Waals surface area contributed by atoms with Gasteiger partial charge < -0.3 is 4.90 Å². The molecule has 2 aromatic heterocycles.